The number of nitrogens with one attached hydrogen (secondary N) is 1. The van der Waals surface area contributed by atoms with Crippen molar-refractivity contribution in [3.05, 3.63) is 23.9 Å². The van der Waals surface area contributed by atoms with Crippen LogP contribution in [0.25, 0.3) is 0 Å². The Kier molecular flexibility index (Phi) is 4.12. The van der Waals surface area contributed by atoms with Crippen molar-refractivity contribution in [1.29, 1.82) is 0 Å². The third-order valence-corrected chi connectivity index (χ3v) is 7.94. The summed E-state index contributed by atoms with van der Waals surface area (Å²) in [6.45, 7) is 2.29. The zero-order chi connectivity index (χ0) is 15.9. The van der Waals surface area contributed by atoms with E-state index in [1.54, 1.807) is 0 Å². The predicted octanol–water partition coefficient (Wildman–Crippen LogP) is 3.72. The Labute approximate surface area is 143 Å². The second-order valence-electron chi connectivity index (χ2n) is 7.52. The van der Waals surface area contributed by atoms with Gasteiger partial charge in [0.25, 0.3) is 0 Å². The number of nitrogens with zero attached hydrogens (tertiary/aromatic N) is 1. The Hall–Kier alpha value is -1.03. The van der Waals surface area contributed by atoms with E-state index in [0.717, 1.165) is 25.0 Å². The van der Waals surface area contributed by atoms with Crippen LogP contribution in [0.5, 0.6) is 0 Å². The minimum atomic E-state index is 0.0592. The van der Waals surface area contributed by atoms with Crippen LogP contribution < -0.4 is 5.32 Å². The Balaban J connectivity index is 1.50. The summed E-state index contributed by atoms with van der Waals surface area (Å²) >= 11 is 1.96. The Morgan fingerprint density at radius 3 is 3.13 bits per heavy atom. The van der Waals surface area contributed by atoms with E-state index in [4.69, 9.17) is 0 Å². The third-order valence-electron chi connectivity index (χ3n) is 6.22. The van der Waals surface area contributed by atoms with Crippen molar-refractivity contribution in [3.63, 3.8) is 0 Å². The average Bonchev–Trinajstić information content (AvgIpc) is 2.95. The molecule has 3 nitrogen and oxygen atoms in total. The molecule has 0 aromatic rings. The number of aliphatic imine (C=N–C) groups is 1. The summed E-state index contributed by atoms with van der Waals surface area (Å²) in [5.41, 5.74) is 1.18. The lowest BCUT2D eigenvalue weighted by Crippen LogP contribution is -2.47. The van der Waals surface area contributed by atoms with Crippen molar-refractivity contribution in [2.75, 3.05) is 5.75 Å². The molecule has 2 aliphatic heterocycles. The number of allylic oxidation sites excluding steroid dienone is 3. The van der Waals surface area contributed by atoms with E-state index in [2.05, 4.69) is 35.5 Å². The van der Waals surface area contributed by atoms with Crippen LogP contribution in [0, 0.1) is 17.8 Å². The van der Waals surface area contributed by atoms with Gasteiger partial charge in [0.05, 0.1) is 16.4 Å². The van der Waals surface area contributed by atoms with Gasteiger partial charge in [-0.05, 0) is 43.6 Å². The molecule has 1 spiro atoms. The maximum atomic E-state index is 13.0. The number of hydrogen-bond acceptors (Lipinski definition) is 3. The fourth-order valence-corrected chi connectivity index (χ4v) is 6.58. The summed E-state index contributed by atoms with van der Waals surface area (Å²) in [6.07, 6.45) is 15.5. The first-order valence-corrected chi connectivity index (χ1v) is 10.0. The van der Waals surface area contributed by atoms with E-state index >= 15 is 0 Å². The second kappa shape index (κ2) is 6.12. The molecule has 0 bridgehead atoms. The normalized spacial score (nSPS) is 41.9. The monoisotopic (exact) mass is 330 g/mol. The minimum Gasteiger partial charge on any atom is -0.353 e. The molecule has 1 amide bonds. The summed E-state index contributed by atoms with van der Waals surface area (Å²) in [7, 11) is 0. The van der Waals surface area contributed by atoms with Crippen molar-refractivity contribution in [3.8, 4) is 0 Å². The lowest BCUT2D eigenvalue weighted by atomic mass is 9.73. The fourth-order valence-electron chi connectivity index (χ4n) is 4.76. The van der Waals surface area contributed by atoms with E-state index in [1.807, 2.05) is 18.0 Å². The van der Waals surface area contributed by atoms with Crippen LogP contribution >= 0.6 is 11.8 Å². The van der Waals surface area contributed by atoms with Crippen LogP contribution in [0.3, 0.4) is 0 Å². The summed E-state index contributed by atoms with van der Waals surface area (Å²) in [5, 5.41) is 3.40. The van der Waals surface area contributed by atoms with Gasteiger partial charge in [0, 0.05) is 18.0 Å². The molecule has 1 saturated heterocycles. The number of carbonyl (C=O) groups excluding carboxylic acids is 1. The maximum Gasteiger partial charge on any atom is 0.224 e. The molecule has 2 heterocycles. The highest BCUT2D eigenvalue weighted by atomic mass is 32.2. The SMILES string of the molecule is CC1CCCCC1NC(=O)C1CSC23CC=CC=C2N=CCC13. The van der Waals surface area contributed by atoms with Crippen LogP contribution in [0.1, 0.15) is 45.4 Å². The average molecular weight is 330 g/mol. The number of carbonyl (C=O) groups is 1. The Morgan fingerprint density at radius 2 is 2.26 bits per heavy atom. The van der Waals surface area contributed by atoms with Crippen LogP contribution in [0.4, 0.5) is 0 Å². The molecule has 23 heavy (non-hydrogen) atoms. The maximum absolute atomic E-state index is 13.0. The fraction of sp³-hybridized carbons (Fsp3) is 0.684. The summed E-state index contributed by atoms with van der Waals surface area (Å²) in [5.74, 6) is 2.39. The van der Waals surface area contributed by atoms with Crippen LogP contribution in [-0.2, 0) is 4.79 Å². The zero-order valence-corrected chi connectivity index (χ0v) is 14.6. The molecule has 0 aromatic heterocycles. The van der Waals surface area contributed by atoms with E-state index in [-0.39, 0.29) is 10.7 Å². The highest BCUT2D eigenvalue weighted by Crippen LogP contribution is 2.57. The van der Waals surface area contributed by atoms with Crippen molar-refractivity contribution in [1.82, 2.24) is 5.32 Å². The molecule has 0 radical (unpaired) electrons. The molecular formula is C19H26N2OS. The van der Waals surface area contributed by atoms with Crippen LogP contribution in [0.15, 0.2) is 28.9 Å². The summed E-state index contributed by atoms with van der Waals surface area (Å²) < 4.78 is 0.0592. The Bertz CT molecular complexity index is 582. The largest absolute Gasteiger partial charge is 0.353 e. The van der Waals surface area contributed by atoms with Gasteiger partial charge in [0.1, 0.15) is 0 Å². The molecule has 5 atom stereocenters. The quantitative estimate of drug-likeness (QED) is 0.838. The summed E-state index contributed by atoms with van der Waals surface area (Å²) in [6, 6.07) is 0.385. The number of amides is 1. The van der Waals surface area contributed by atoms with Crippen LogP contribution in [-0.4, -0.2) is 28.7 Å². The third kappa shape index (κ3) is 2.59. The molecule has 4 heteroatoms. The second-order valence-corrected chi connectivity index (χ2v) is 8.87. The smallest absolute Gasteiger partial charge is 0.224 e. The molecule has 4 aliphatic rings. The van der Waals surface area contributed by atoms with Crippen molar-refractivity contribution in [2.45, 2.75) is 56.2 Å². The van der Waals surface area contributed by atoms with Crippen molar-refractivity contribution in [2.24, 2.45) is 22.7 Å². The first-order valence-electron chi connectivity index (χ1n) is 9.05. The predicted molar refractivity (Wildman–Crippen MR) is 96.7 cm³/mol. The minimum absolute atomic E-state index is 0.0592. The van der Waals surface area contributed by atoms with E-state index < -0.39 is 0 Å². The molecule has 124 valence electrons. The van der Waals surface area contributed by atoms with Gasteiger partial charge in [-0.3, -0.25) is 9.79 Å². The highest BCUT2D eigenvalue weighted by Gasteiger charge is 2.54. The lowest BCUT2D eigenvalue weighted by Gasteiger charge is -2.39. The lowest BCUT2D eigenvalue weighted by molar-refractivity contribution is -0.127. The summed E-state index contributed by atoms with van der Waals surface area (Å²) in [4.78, 5) is 17.6. The van der Waals surface area contributed by atoms with Crippen LogP contribution in [0.2, 0.25) is 0 Å². The first-order chi connectivity index (χ1) is 11.2. The van der Waals surface area contributed by atoms with Gasteiger partial charge in [-0.25, -0.2) is 0 Å². The van der Waals surface area contributed by atoms with Gasteiger partial charge in [0.15, 0.2) is 0 Å². The molecule has 0 aromatic carbocycles. The number of rotatable bonds is 2. The number of thioether (sulfide) groups is 1. The molecule has 1 saturated carbocycles. The topological polar surface area (TPSA) is 41.5 Å². The molecule has 1 N–H and O–H groups in total. The van der Waals surface area contributed by atoms with Gasteiger partial charge in [-0.15, -0.1) is 11.8 Å². The van der Waals surface area contributed by atoms with Gasteiger partial charge >= 0.3 is 0 Å². The Morgan fingerprint density at radius 1 is 1.39 bits per heavy atom. The molecule has 4 rings (SSSR count). The first kappa shape index (κ1) is 15.5. The molecular weight excluding hydrogens is 304 g/mol. The highest BCUT2D eigenvalue weighted by molar-refractivity contribution is 8.01. The van der Waals surface area contributed by atoms with E-state index in [0.29, 0.717) is 23.8 Å². The van der Waals surface area contributed by atoms with Gasteiger partial charge in [-0.1, -0.05) is 31.9 Å². The molecule has 2 aliphatic carbocycles. The van der Waals surface area contributed by atoms with E-state index in [1.165, 1.54) is 25.0 Å². The van der Waals surface area contributed by atoms with Crippen molar-refractivity contribution < 1.29 is 4.79 Å². The van der Waals surface area contributed by atoms with Gasteiger partial charge < -0.3 is 5.32 Å². The standard InChI is InChI=1S/C19H26N2OS/c1-13-6-2-3-7-16(13)21-18(22)14-12-23-19-10-5-4-8-17(19)20-11-9-15(14)19/h4-5,8,11,13-16H,2-3,6-7,9-10,12H2,1H3,(H,21,22). The van der Waals surface area contributed by atoms with Gasteiger partial charge in [-0.2, -0.15) is 0 Å². The number of hydrogen-bond donors (Lipinski definition) is 1. The molecule has 5 unspecified atom stereocenters. The van der Waals surface area contributed by atoms with Crippen molar-refractivity contribution >= 4 is 23.9 Å². The zero-order valence-electron chi connectivity index (χ0n) is 13.8. The van der Waals surface area contributed by atoms with E-state index in [9.17, 15) is 4.79 Å². The van der Waals surface area contributed by atoms with Gasteiger partial charge in [0.2, 0.25) is 5.91 Å². The molecule has 2 fully saturated rings.